The van der Waals surface area contributed by atoms with Crippen LogP contribution in [0.25, 0.3) is 0 Å². The van der Waals surface area contributed by atoms with Gasteiger partial charge in [-0.2, -0.15) is 0 Å². The number of carbonyl (C=O) groups excluding carboxylic acids is 2. The molecule has 2 amide bonds. The van der Waals surface area contributed by atoms with Gasteiger partial charge < -0.3 is 19.9 Å². The lowest BCUT2D eigenvalue weighted by molar-refractivity contribution is -0.199. The minimum atomic E-state index is -0.613. The van der Waals surface area contributed by atoms with Gasteiger partial charge in [-0.25, -0.2) is 0 Å². The molecule has 1 aliphatic heterocycles. The van der Waals surface area contributed by atoms with Gasteiger partial charge in [0.05, 0.1) is 17.6 Å². The lowest BCUT2D eigenvalue weighted by atomic mass is 9.43. The Labute approximate surface area is 235 Å². The largest absolute Gasteiger partial charge is 0.481 e. The van der Waals surface area contributed by atoms with Crippen molar-refractivity contribution in [2.24, 2.45) is 29.1 Å². The molecule has 1 aromatic rings. The van der Waals surface area contributed by atoms with Crippen molar-refractivity contribution in [2.45, 2.75) is 124 Å². The number of nitrogens with one attached hydrogen (secondary N) is 2. The molecule has 39 heavy (non-hydrogen) atoms. The fraction of sp³-hybridized carbons (Fsp3) is 0.750. The van der Waals surface area contributed by atoms with Crippen molar-refractivity contribution in [3.05, 3.63) is 34.9 Å². The lowest BCUT2D eigenvalue weighted by Gasteiger charge is -2.64. The van der Waals surface area contributed by atoms with Gasteiger partial charge in [-0.1, -0.05) is 53.7 Å². The van der Waals surface area contributed by atoms with Crippen LogP contribution in [0.3, 0.4) is 0 Å². The van der Waals surface area contributed by atoms with Gasteiger partial charge in [-0.15, -0.1) is 0 Å². The highest BCUT2D eigenvalue weighted by molar-refractivity contribution is 6.48. The SMILES string of the molecule is CC(C)C[C@H](NC(=O)[C@H](CC(C)C)NC(=O)c1cccc2c1CCCC2)B1O[C@@H]2C[C@@H]3C[C@@H](C3(C)C)[C@]2(C)O1. The van der Waals surface area contributed by atoms with Crippen LogP contribution in [0.15, 0.2) is 18.2 Å². The van der Waals surface area contributed by atoms with Gasteiger partial charge in [0.2, 0.25) is 5.91 Å². The third-order valence-corrected chi connectivity index (χ3v) is 10.3. The van der Waals surface area contributed by atoms with E-state index in [2.05, 4.69) is 65.2 Å². The third-order valence-electron chi connectivity index (χ3n) is 10.3. The Kier molecular flexibility index (Phi) is 7.98. The van der Waals surface area contributed by atoms with E-state index in [4.69, 9.17) is 9.31 Å². The van der Waals surface area contributed by atoms with Crippen LogP contribution in [0.5, 0.6) is 0 Å². The molecule has 0 spiro atoms. The molecule has 6 nitrogen and oxygen atoms in total. The van der Waals surface area contributed by atoms with Gasteiger partial charge >= 0.3 is 7.12 Å². The standard InChI is InChI=1S/C32H49BN2O4/c1-19(2)15-25(34-29(36)24-14-10-12-21-11-8-9-13-23(21)24)30(37)35-28(16-20(3)4)33-38-27-18-22-17-26(31(22,5)6)32(27,7)39-33/h10,12,14,19-20,22,25-28H,8-9,11,13,15-18H2,1-7H3,(H,34,36)(H,35,37)/t22-,25-,26-,27+,28-,32-/m0/s1. The van der Waals surface area contributed by atoms with Gasteiger partial charge in [-0.05, 0) is 105 Å². The number of carbonyl (C=O) groups is 2. The molecule has 2 bridgehead atoms. The zero-order chi connectivity index (χ0) is 28.1. The van der Waals surface area contributed by atoms with Crippen LogP contribution in [0.4, 0.5) is 0 Å². The second-order valence-electron chi connectivity index (χ2n) is 14.4. The van der Waals surface area contributed by atoms with E-state index in [1.54, 1.807) is 0 Å². The number of fused-ring (bicyclic) bond motifs is 1. The Morgan fingerprint density at radius 3 is 2.41 bits per heavy atom. The van der Waals surface area contributed by atoms with Crippen molar-refractivity contribution >= 4 is 18.9 Å². The first-order valence-electron chi connectivity index (χ1n) is 15.5. The normalized spacial score (nSPS) is 30.3. The van der Waals surface area contributed by atoms with Crippen LogP contribution >= 0.6 is 0 Å². The Balaban J connectivity index is 1.31. The molecule has 2 N–H and O–H groups in total. The van der Waals surface area contributed by atoms with Gasteiger partial charge in [0.1, 0.15) is 6.04 Å². The monoisotopic (exact) mass is 536 g/mol. The second-order valence-corrected chi connectivity index (χ2v) is 14.4. The van der Waals surface area contributed by atoms with E-state index in [0.29, 0.717) is 29.7 Å². The Morgan fingerprint density at radius 1 is 1.00 bits per heavy atom. The molecule has 1 aromatic carbocycles. The van der Waals surface area contributed by atoms with Crippen LogP contribution in [-0.4, -0.2) is 42.6 Å². The van der Waals surface area contributed by atoms with E-state index < -0.39 is 13.2 Å². The maximum absolute atomic E-state index is 13.8. The smallest absolute Gasteiger partial charge is 0.404 e. The molecule has 0 unspecified atom stereocenters. The van der Waals surface area contributed by atoms with Crippen molar-refractivity contribution in [2.75, 3.05) is 0 Å². The van der Waals surface area contributed by atoms with Gasteiger partial charge in [-0.3, -0.25) is 9.59 Å². The molecule has 0 radical (unpaired) electrons. The number of aryl methyl sites for hydroxylation is 1. The van der Waals surface area contributed by atoms with Crippen LogP contribution in [0, 0.1) is 29.1 Å². The first-order valence-corrected chi connectivity index (χ1v) is 15.5. The number of benzene rings is 1. The van der Waals surface area contributed by atoms with Crippen LogP contribution in [-0.2, 0) is 26.9 Å². The molecule has 1 heterocycles. The van der Waals surface area contributed by atoms with Crippen molar-refractivity contribution in [3.8, 4) is 0 Å². The van der Waals surface area contributed by atoms with Crippen molar-refractivity contribution in [1.29, 1.82) is 0 Å². The van der Waals surface area contributed by atoms with E-state index in [1.807, 2.05) is 12.1 Å². The number of rotatable bonds is 9. The van der Waals surface area contributed by atoms with Crippen molar-refractivity contribution in [3.63, 3.8) is 0 Å². The molecule has 1 saturated heterocycles. The molecule has 4 fully saturated rings. The van der Waals surface area contributed by atoms with E-state index >= 15 is 0 Å². The predicted molar refractivity (Wildman–Crippen MR) is 155 cm³/mol. The molecule has 5 aliphatic rings. The first kappa shape index (κ1) is 28.7. The van der Waals surface area contributed by atoms with Gasteiger partial charge in [0.15, 0.2) is 0 Å². The van der Waals surface area contributed by atoms with Gasteiger partial charge in [0.25, 0.3) is 5.91 Å². The lowest BCUT2D eigenvalue weighted by Crippen LogP contribution is -2.65. The molecular weight excluding hydrogens is 487 g/mol. The molecule has 0 aromatic heterocycles. The molecule has 214 valence electrons. The zero-order valence-electron chi connectivity index (χ0n) is 25.1. The Morgan fingerprint density at radius 2 is 1.72 bits per heavy atom. The molecule has 7 heteroatoms. The number of amides is 2. The molecule has 6 rings (SSSR count). The average Bonchev–Trinajstić information content (AvgIpc) is 3.24. The fourth-order valence-electron chi connectivity index (χ4n) is 8.03. The number of hydrogen-bond donors (Lipinski definition) is 2. The van der Waals surface area contributed by atoms with E-state index in [1.165, 1.54) is 12.0 Å². The number of hydrogen-bond acceptors (Lipinski definition) is 4. The first-order chi connectivity index (χ1) is 18.4. The maximum atomic E-state index is 13.8. The second kappa shape index (κ2) is 10.9. The van der Waals surface area contributed by atoms with Crippen molar-refractivity contribution < 1.29 is 18.9 Å². The van der Waals surface area contributed by atoms with Crippen LogP contribution in [0.1, 0.15) is 108 Å². The molecular formula is C32H49BN2O4. The fourth-order valence-corrected chi connectivity index (χ4v) is 8.03. The Bertz CT molecular complexity index is 1090. The minimum Gasteiger partial charge on any atom is -0.404 e. The summed E-state index contributed by atoms with van der Waals surface area (Å²) in [6, 6.07) is 5.39. The van der Waals surface area contributed by atoms with Crippen LogP contribution < -0.4 is 10.6 Å². The topological polar surface area (TPSA) is 76.7 Å². The summed E-state index contributed by atoms with van der Waals surface area (Å²) in [7, 11) is -0.474. The zero-order valence-corrected chi connectivity index (χ0v) is 25.1. The highest BCUT2D eigenvalue weighted by Crippen LogP contribution is 2.65. The summed E-state index contributed by atoms with van der Waals surface area (Å²) in [5, 5.41) is 6.40. The summed E-state index contributed by atoms with van der Waals surface area (Å²) in [6.45, 7) is 15.4. The highest BCUT2D eigenvalue weighted by Gasteiger charge is 2.68. The summed E-state index contributed by atoms with van der Waals surface area (Å²) in [5.74, 6) is 1.19. The summed E-state index contributed by atoms with van der Waals surface area (Å²) in [6.07, 6.45) is 7.82. The maximum Gasteiger partial charge on any atom is 0.481 e. The summed E-state index contributed by atoms with van der Waals surface area (Å²) in [4.78, 5) is 27.3. The minimum absolute atomic E-state index is 0.0706. The van der Waals surface area contributed by atoms with Crippen LogP contribution in [0.2, 0.25) is 0 Å². The van der Waals surface area contributed by atoms with E-state index in [-0.39, 0.29) is 40.8 Å². The average molecular weight is 537 g/mol. The highest BCUT2D eigenvalue weighted by atomic mass is 16.7. The molecule has 6 atom stereocenters. The molecule has 3 saturated carbocycles. The summed E-state index contributed by atoms with van der Waals surface area (Å²) in [5.41, 5.74) is 3.08. The van der Waals surface area contributed by atoms with E-state index in [9.17, 15) is 9.59 Å². The van der Waals surface area contributed by atoms with Gasteiger partial charge in [0, 0.05) is 5.56 Å². The Hall–Kier alpha value is -1.86. The predicted octanol–water partition coefficient (Wildman–Crippen LogP) is 5.51. The van der Waals surface area contributed by atoms with E-state index in [0.717, 1.165) is 44.1 Å². The summed E-state index contributed by atoms with van der Waals surface area (Å²) < 4.78 is 13.3. The van der Waals surface area contributed by atoms with Crippen molar-refractivity contribution in [1.82, 2.24) is 10.6 Å². The summed E-state index contributed by atoms with van der Waals surface area (Å²) >= 11 is 0. The molecule has 4 aliphatic carbocycles. The third kappa shape index (κ3) is 5.42. The quantitative estimate of drug-likeness (QED) is 0.408.